The topological polar surface area (TPSA) is 78.1 Å². The van der Waals surface area contributed by atoms with Crippen LogP contribution < -0.4 is 19.6 Å². The van der Waals surface area contributed by atoms with Crippen LogP contribution in [0.15, 0.2) is 39.1 Å². The van der Waals surface area contributed by atoms with Crippen molar-refractivity contribution in [2.45, 2.75) is 59.0 Å². The van der Waals surface area contributed by atoms with Crippen LogP contribution in [0.25, 0.3) is 28.0 Å². The number of rotatable bonds is 9. The highest BCUT2D eigenvalue weighted by atomic mass is 79.9. The molecule has 2 heterocycles. The maximum atomic E-state index is 13.9. The Kier molecular flexibility index (Phi) is 7.69. The van der Waals surface area contributed by atoms with Gasteiger partial charge in [0.2, 0.25) is 5.43 Å². The Morgan fingerprint density at radius 2 is 1.89 bits per heavy atom. The number of methoxy groups -OCH3 is 1. The van der Waals surface area contributed by atoms with Crippen LogP contribution >= 0.6 is 15.9 Å². The van der Waals surface area contributed by atoms with E-state index < -0.39 is 5.60 Å². The first kappa shape index (κ1) is 26.1. The van der Waals surface area contributed by atoms with E-state index in [2.05, 4.69) is 15.9 Å². The van der Waals surface area contributed by atoms with Crippen molar-refractivity contribution in [1.82, 2.24) is 0 Å². The third-order valence-corrected chi connectivity index (χ3v) is 6.79. The summed E-state index contributed by atoms with van der Waals surface area (Å²) in [7, 11) is 1.57. The maximum absolute atomic E-state index is 13.9. The molecule has 0 fully saturated rings. The predicted octanol–water partition coefficient (Wildman–Crippen LogP) is 7.30. The summed E-state index contributed by atoms with van der Waals surface area (Å²) in [5.41, 5.74) is 2.04. The van der Waals surface area contributed by atoms with Crippen LogP contribution in [-0.4, -0.2) is 29.8 Å². The van der Waals surface area contributed by atoms with Gasteiger partial charge in [-0.3, -0.25) is 4.79 Å². The van der Waals surface area contributed by atoms with Crippen molar-refractivity contribution in [3.05, 3.63) is 51.2 Å². The van der Waals surface area contributed by atoms with E-state index in [-0.39, 0.29) is 22.1 Å². The number of hydrogen-bond acceptors (Lipinski definition) is 6. The molecule has 192 valence electrons. The SMILES string of the molecule is COc1c(OCCCCCBr)cc2oc3cc4c(c(O)c3c(=O)c2c1CC=C(C)C)C=CC(C)(C)O4. The fourth-order valence-corrected chi connectivity index (χ4v) is 4.81. The number of alkyl halides is 1. The van der Waals surface area contributed by atoms with Crippen molar-refractivity contribution in [2.24, 2.45) is 0 Å². The van der Waals surface area contributed by atoms with Gasteiger partial charge in [0.25, 0.3) is 0 Å². The number of hydrogen-bond donors (Lipinski definition) is 1. The molecule has 0 radical (unpaired) electrons. The summed E-state index contributed by atoms with van der Waals surface area (Å²) in [6, 6.07) is 3.39. The predicted molar refractivity (Wildman–Crippen MR) is 148 cm³/mol. The van der Waals surface area contributed by atoms with Gasteiger partial charge in [-0.1, -0.05) is 27.6 Å². The highest BCUT2D eigenvalue weighted by Crippen LogP contribution is 2.43. The van der Waals surface area contributed by atoms with Crippen molar-refractivity contribution in [2.75, 3.05) is 19.0 Å². The lowest BCUT2D eigenvalue weighted by Crippen LogP contribution is -2.27. The largest absolute Gasteiger partial charge is 0.506 e. The lowest BCUT2D eigenvalue weighted by molar-refractivity contribution is 0.158. The van der Waals surface area contributed by atoms with E-state index in [1.165, 1.54) is 0 Å². The number of halogens is 1. The summed E-state index contributed by atoms with van der Waals surface area (Å²) in [4.78, 5) is 13.9. The van der Waals surface area contributed by atoms with Gasteiger partial charge in [-0.05, 0) is 65.5 Å². The zero-order valence-corrected chi connectivity index (χ0v) is 23.1. The first-order chi connectivity index (χ1) is 17.2. The van der Waals surface area contributed by atoms with Gasteiger partial charge in [-0.25, -0.2) is 0 Å². The second-order valence-electron chi connectivity index (χ2n) is 9.82. The van der Waals surface area contributed by atoms with E-state index in [4.69, 9.17) is 18.6 Å². The van der Waals surface area contributed by atoms with E-state index in [1.54, 1.807) is 25.3 Å². The minimum Gasteiger partial charge on any atom is -0.506 e. The van der Waals surface area contributed by atoms with Gasteiger partial charge in [0.15, 0.2) is 11.5 Å². The number of allylic oxidation sites excluding steroid dienone is 2. The summed E-state index contributed by atoms with van der Waals surface area (Å²) >= 11 is 3.46. The van der Waals surface area contributed by atoms with E-state index >= 15 is 0 Å². The zero-order chi connectivity index (χ0) is 26.0. The molecule has 1 aromatic heterocycles. The van der Waals surface area contributed by atoms with Gasteiger partial charge < -0.3 is 23.7 Å². The highest BCUT2D eigenvalue weighted by molar-refractivity contribution is 9.09. The Bertz CT molecular complexity index is 1410. The molecule has 0 saturated carbocycles. The third kappa shape index (κ3) is 5.12. The fraction of sp³-hybridized carbons (Fsp3) is 0.414. The first-order valence-electron chi connectivity index (χ1n) is 12.2. The average molecular weight is 557 g/mol. The number of ether oxygens (including phenoxy) is 3. The molecule has 0 spiro atoms. The minimum atomic E-state index is -0.537. The Labute approximate surface area is 219 Å². The van der Waals surface area contributed by atoms with Crippen LogP contribution in [0.1, 0.15) is 58.1 Å². The lowest BCUT2D eigenvalue weighted by atomic mass is 9.97. The normalized spacial score (nSPS) is 13.9. The Balaban J connectivity index is 1.95. The molecule has 3 aromatic rings. The number of fused-ring (bicyclic) bond motifs is 3. The molecule has 0 unspecified atom stereocenters. The number of phenolic OH excluding ortho intramolecular Hbond substituents is 1. The van der Waals surface area contributed by atoms with Gasteiger partial charge in [-0.2, -0.15) is 0 Å². The Morgan fingerprint density at radius 3 is 2.58 bits per heavy atom. The highest BCUT2D eigenvalue weighted by Gasteiger charge is 2.28. The van der Waals surface area contributed by atoms with Crippen molar-refractivity contribution in [1.29, 1.82) is 0 Å². The lowest BCUT2D eigenvalue weighted by Gasteiger charge is -2.28. The van der Waals surface area contributed by atoms with E-state index in [0.29, 0.717) is 52.4 Å². The molecular formula is C29H33BrO6. The molecule has 1 aliphatic heterocycles. The van der Waals surface area contributed by atoms with Crippen LogP contribution in [0, 0.1) is 0 Å². The van der Waals surface area contributed by atoms with Crippen LogP contribution in [-0.2, 0) is 6.42 Å². The third-order valence-electron chi connectivity index (χ3n) is 6.23. The molecule has 0 aliphatic carbocycles. The standard InChI is InChI=1S/C29H33BrO6/c1-17(2)9-10-19-24-21(16-23(28(19)33-5)34-14-8-6-7-13-30)35-22-15-20-18(11-12-29(3,4)36-20)26(31)25(22)27(24)32/h9,11-12,15-16,31H,6-8,10,13-14H2,1-5H3. The number of phenols is 1. The molecule has 6 nitrogen and oxygen atoms in total. The van der Waals surface area contributed by atoms with Gasteiger partial charge in [0.05, 0.1) is 24.7 Å². The van der Waals surface area contributed by atoms with E-state index in [1.807, 2.05) is 39.8 Å². The van der Waals surface area contributed by atoms with Crippen LogP contribution in [0.3, 0.4) is 0 Å². The molecule has 0 atom stereocenters. The molecule has 0 saturated heterocycles. The van der Waals surface area contributed by atoms with Crippen molar-refractivity contribution < 1.29 is 23.7 Å². The Morgan fingerprint density at radius 1 is 1.14 bits per heavy atom. The minimum absolute atomic E-state index is 0.123. The molecule has 1 N–H and O–H groups in total. The number of aromatic hydroxyl groups is 1. The quantitative estimate of drug-likeness (QED) is 0.129. The summed E-state index contributed by atoms with van der Waals surface area (Å²) < 4.78 is 24.2. The van der Waals surface area contributed by atoms with Crippen LogP contribution in [0.4, 0.5) is 0 Å². The molecular weight excluding hydrogens is 524 g/mol. The summed E-state index contributed by atoms with van der Waals surface area (Å²) in [5.74, 6) is 1.36. The van der Waals surface area contributed by atoms with E-state index in [0.717, 1.165) is 30.2 Å². The van der Waals surface area contributed by atoms with Crippen molar-refractivity contribution in [3.8, 4) is 23.0 Å². The molecule has 0 bridgehead atoms. The average Bonchev–Trinajstić information content (AvgIpc) is 2.81. The van der Waals surface area contributed by atoms with Crippen LogP contribution in [0.2, 0.25) is 0 Å². The summed E-state index contributed by atoms with van der Waals surface area (Å²) in [6.45, 7) is 8.38. The molecule has 36 heavy (non-hydrogen) atoms. The van der Waals surface area contributed by atoms with Crippen molar-refractivity contribution >= 4 is 43.9 Å². The first-order valence-corrected chi connectivity index (χ1v) is 13.4. The molecule has 1 aliphatic rings. The summed E-state index contributed by atoms with van der Waals surface area (Å²) in [5, 5.41) is 12.6. The molecule has 4 rings (SSSR count). The van der Waals surface area contributed by atoms with Gasteiger partial charge in [0, 0.05) is 23.0 Å². The van der Waals surface area contributed by atoms with Gasteiger partial charge in [-0.15, -0.1) is 0 Å². The molecule has 0 amide bonds. The zero-order valence-electron chi connectivity index (χ0n) is 21.5. The van der Waals surface area contributed by atoms with Gasteiger partial charge in [0.1, 0.15) is 33.7 Å². The fourth-order valence-electron chi connectivity index (χ4n) is 4.41. The second-order valence-corrected chi connectivity index (χ2v) is 10.6. The van der Waals surface area contributed by atoms with E-state index in [9.17, 15) is 9.90 Å². The number of benzene rings is 2. The van der Waals surface area contributed by atoms with Gasteiger partial charge >= 0.3 is 0 Å². The Hall–Kier alpha value is -2.93. The monoisotopic (exact) mass is 556 g/mol. The second kappa shape index (κ2) is 10.6. The molecule has 7 heteroatoms. The van der Waals surface area contributed by atoms with Crippen molar-refractivity contribution in [3.63, 3.8) is 0 Å². The summed E-state index contributed by atoms with van der Waals surface area (Å²) in [6.07, 6.45) is 9.16. The number of unbranched alkanes of at least 4 members (excludes halogenated alkanes) is 2. The van der Waals surface area contributed by atoms with Crippen LogP contribution in [0.5, 0.6) is 23.0 Å². The maximum Gasteiger partial charge on any atom is 0.204 e. The smallest absolute Gasteiger partial charge is 0.204 e. The molecule has 2 aromatic carbocycles.